The molecule has 0 aromatic carbocycles. The SMILES string of the molecule is CCSc1nc2sccn2c(=O)c1C(=O)Nc1cc(C(C)(C)C)nn1C. The van der Waals surface area contributed by atoms with E-state index in [0.29, 0.717) is 21.6 Å². The number of fused-ring (bicyclic) bond motifs is 1. The number of carbonyl (C=O) groups excluding carboxylic acids is 1. The van der Waals surface area contributed by atoms with E-state index in [0.717, 1.165) is 5.69 Å². The maximum Gasteiger partial charge on any atom is 0.272 e. The standard InChI is InChI=1S/C17H21N5O2S2/c1-6-25-14-12(15(24)22-7-8-26-16(22)19-14)13(23)18-11-9-10(17(2,3)4)20-21(11)5/h7-9H,6H2,1-5H3,(H,18,23). The fraction of sp³-hybridized carbons (Fsp3) is 0.412. The van der Waals surface area contributed by atoms with Gasteiger partial charge in [-0.1, -0.05) is 27.7 Å². The van der Waals surface area contributed by atoms with Gasteiger partial charge in [0.05, 0.1) is 5.69 Å². The fourth-order valence-electron chi connectivity index (χ4n) is 2.43. The van der Waals surface area contributed by atoms with Crippen LogP contribution in [0.25, 0.3) is 4.96 Å². The predicted octanol–water partition coefficient (Wildman–Crippen LogP) is 3.15. The smallest absolute Gasteiger partial charge is 0.272 e. The number of carbonyl (C=O) groups is 1. The summed E-state index contributed by atoms with van der Waals surface area (Å²) < 4.78 is 3.02. The highest BCUT2D eigenvalue weighted by Gasteiger charge is 2.24. The number of hydrogen-bond acceptors (Lipinski definition) is 6. The lowest BCUT2D eigenvalue weighted by atomic mass is 9.92. The van der Waals surface area contributed by atoms with Gasteiger partial charge in [0.15, 0.2) is 4.96 Å². The van der Waals surface area contributed by atoms with Crippen molar-refractivity contribution >= 4 is 39.8 Å². The maximum atomic E-state index is 12.9. The molecule has 0 saturated heterocycles. The molecule has 0 atom stereocenters. The minimum Gasteiger partial charge on any atom is -0.307 e. The van der Waals surface area contributed by atoms with Crippen LogP contribution in [0.15, 0.2) is 27.5 Å². The van der Waals surface area contributed by atoms with E-state index in [1.54, 1.807) is 23.3 Å². The van der Waals surface area contributed by atoms with Crippen LogP contribution < -0.4 is 10.9 Å². The number of hydrogen-bond donors (Lipinski definition) is 1. The summed E-state index contributed by atoms with van der Waals surface area (Å²) in [5, 5.41) is 9.50. The summed E-state index contributed by atoms with van der Waals surface area (Å²) >= 11 is 2.75. The fourth-order valence-corrected chi connectivity index (χ4v) is 3.94. The van der Waals surface area contributed by atoms with Gasteiger partial charge in [0.25, 0.3) is 11.5 Å². The number of amides is 1. The molecule has 7 nitrogen and oxygen atoms in total. The second-order valence-electron chi connectivity index (χ2n) is 6.83. The molecule has 3 heterocycles. The molecule has 3 aromatic heterocycles. The molecule has 0 aliphatic rings. The Balaban J connectivity index is 2.03. The Bertz CT molecular complexity index is 1030. The molecule has 0 bridgehead atoms. The van der Waals surface area contributed by atoms with Crippen LogP contribution >= 0.6 is 23.1 Å². The van der Waals surface area contributed by atoms with Gasteiger partial charge in [0, 0.05) is 30.1 Å². The van der Waals surface area contributed by atoms with Gasteiger partial charge in [-0.15, -0.1) is 23.1 Å². The Hall–Kier alpha value is -2.13. The molecule has 138 valence electrons. The summed E-state index contributed by atoms with van der Waals surface area (Å²) in [5.74, 6) is 0.790. The lowest BCUT2D eigenvalue weighted by Gasteiger charge is -2.13. The Kier molecular flexibility index (Phi) is 4.94. The first kappa shape index (κ1) is 18.7. The van der Waals surface area contributed by atoms with Crippen LogP contribution in [0, 0.1) is 0 Å². The molecule has 0 aliphatic carbocycles. The van der Waals surface area contributed by atoms with Crippen LogP contribution in [0.4, 0.5) is 5.82 Å². The molecule has 0 radical (unpaired) electrons. The molecule has 0 saturated carbocycles. The van der Waals surface area contributed by atoms with Crippen molar-refractivity contribution in [3.05, 3.63) is 39.3 Å². The minimum atomic E-state index is -0.470. The van der Waals surface area contributed by atoms with E-state index in [2.05, 4.69) is 36.2 Å². The third kappa shape index (κ3) is 3.41. The van der Waals surface area contributed by atoms with E-state index in [9.17, 15) is 9.59 Å². The number of anilines is 1. The molecular weight excluding hydrogens is 370 g/mol. The van der Waals surface area contributed by atoms with Gasteiger partial charge in [-0.25, -0.2) is 4.98 Å². The summed E-state index contributed by atoms with van der Waals surface area (Å²) in [6, 6.07) is 1.83. The zero-order chi connectivity index (χ0) is 19.1. The quantitative estimate of drug-likeness (QED) is 0.546. The first-order valence-electron chi connectivity index (χ1n) is 8.21. The monoisotopic (exact) mass is 391 g/mol. The molecule has 0 aliphatic heterocycles. The molecule has 0 fully saturated rings. The second-order valence-corrected chi connectivity index (χ2v) is 8.95. The topological polar surface area (TPSA) is 81.3 Å². The van der Waals surface area contributed by atoms with E-state index in [4.69, 9.17) is 0 Å². The van der Waals surface area contributed by atoms with Gasteiger partial charge < -0.3 is 5.32 Å². The molecule has 26 heavy (non-hydrogen) atoms. The molecule has 1 N–H and O–H groups in total. The Labute approximate surface area is 159 Å². The molecule has 3 aromatic rings. The zero-order valence-corrected chi connectivity index (χ0v) is 17.0. The van der Waals surface area contributed by atoms with E-state index in [-0.39, 0.29) is 16.5 Å². The van der Waals surface area contributed by atoms with Crippen LogP contribution in [0.5, 0.6) is 0 Å². The third-order valence-electron chi connectivity index (χ3n) is 3.83. The van der Waals surface area contributed by atoms with Gasteiger partial charge in [-0.3, -0.25) is 18.7 Å². The van der Waals surface area contributed by atoms with Gasteiger partial charge in [0.1, 0.15) is 16.4 Å². The summed E-state index contributed by atoms with van der Waals surface area (Å²) in [4.78, 5) is 30.7. The molecule has 9 heteroatoms. The highest BCUT2D eigenvalue weighted by molar-refractivity contribution is 7.99. The van der Waals surface area contributed by atoms with Crippen LogP contribution in [0.3, 0.4) is 0 Å². The van der Waals surface area contributed by atoms with Gasteiger partial charge >= 0.3 is 0 Å². The highest BCUT2D eigenvalue weighted by atomic mass is 32.2. The normalized spacial score (nSPS) is 11.9. The predicted molar refractivity (Wildman–Crippen MR) is 106 cm³/mol. The first-order valence-corrected chi connectivity index (χ1v) is 10.1. The zero-order valence-electron chi connectivity index (χ0n) is 15.4. The maximum absolute atomic E-state index is 12.9. The molecular formula is C17H21N5O2S2. The first-order chi connectivity index (χ1) is 12.2. The Morgan fingerprint density at radius 3 is 2.73 bits per heavy atom. The summed E-state index contributed by atoms with van der Waals surface area (Å²) in [7, 11) is 1.76. The molecule has 0 spiro atoms. The van der Waals surface area contributed by atoms with Crippen LogP contribution in [0.2, 0.25) is 0 Å². The summed E-state index contributed by atoms with van der Waals surface area (Å²) in [6.07, 6.45) is 1.63. The van der Waals surface area contributed by atoms with Crippen LogP contribution in [-0.2, 0) is 12.5 Å². The number of nitrogens with one attached hydrogen (secondary N) is 1. The van der Waals surface area contributed by atoms with Crippen LogP contribution in [-0.4, -0.2) is 30.8 Å². The average molecular weight is 392 g/mol. The molecule has 1 amide bonds. The van der Waals surface area contributed by atoms with Crippen molar-refractivity contribution in [3.63, 3.8) is 0 Å². The lowest BCUT2D eigenvalue weighted by molar-refractivity contribution is 0.102. The lowest BCUT2D eigenvalue weighted by Crippen LogP contribution is -2.28. The van der Waals surface area contributed by atoms with Gasteiger partial charge in [0.2, 0.25) is 0 Å². The van der Waals surface area contributed by atoms with Crippen molar-refractivity contribution in [3.8, 4) is 0 Å². The highest BCUT2D eigenvalue weighted by Crippen LogP contribution is 2.25. The van der Waals surface area contributed by atoms with Gasteiger partial charge in [-0.2, -0.15) is 5.10 Å². The number of aromatic nitrogens is 4. The van der Waals surface area contributed by atoms with E-state index >= 15 is 0 Å². The second kappa shape index (κ2) is 6.88. The molecule has 0 unspecified atom stereocenters. The third-order valence-corrected chi connectivity index (χ3v) is 5.45. The van der Waals surface area contributed by atoms with Crippen molar-refractivity contribution in [1.82, 2.24) is 19.2 Å². The number of aryl methyl sites for hydroxylation is 1. The summed E-state index contributed by atoms with van der Waals surface area (Å²) in [5.41, 5.74) is 0.427. The van der Waals surface area contributed by atoms with Crippen molar-refractivity contribution in [2.45, 2.75) is 38.1 Å². The van der Waals surface area contributed by atoms with Crippen molar-refractivity contribution in [1.29, 1.82) is 0 Å². The van der Waals surface area contributed by atoms with E-state index < -0.39 is 5.91 Å². The number of thiazole rings is 1. The number of nitrogens with zero attached hydrogens (tertiary/aromatic N) is 4. The Morgan fingerprint density at radius 2 is 2.12 bits per heavy atom. The van der Waals surface area contributed by atoms with Gasteiger partial charge in [-0.05, 0) is 5.75 Å². The van der Waals surface area contributed by atoms with Crippen LogP contribution in [0.1, 0.15) is 43.7 Å². The van der Waals surface area contributed by atoms with Crippen molar-refractivity contribution in [2.24, 2.45) is 7.05 Å². The minimum absolute atomic E-state index is 0.0614. The average Bonchev–Trinajstić information content (AvgIpc) is 3.15. The summed E-state index contributed by atoms with van der Waals surface area (Å²) in [6.45, 7) is 8.12. The molecule has 3 rings (SSSR count). The van der Waals surface area contributed by atoms with Crippen molar-refractivity contribution in [2.75, 3.05) is 11.1 Å². The number of rotatable bonds is 4. The Morgan fingerprint density at radius 1 is 1.38 bits per heavy atom. The number of thioether (sulfide) groups is 1. The van der Waals surface area contributed by atoms with Crippen molar-refractivity contribution < 1.29 is 4.79 Å². The van der Waals surface area contributed by atoms with E-state index in [1.165, 1.54) is 27.5 Å². The van der Waals surface area contributed by atoms with E-state index in [1.807, 2.05) is 13.0 Å². The largest absolute Gasteiger partial charge is 0.307 e.